The number of nitrogens with two attached hydrogens (primary N) is 1. The molecule has 1 heterocycles. The lowest BCUT2D eigenvalue weighted by Crippen LogP contribution is -2.31. The average molecular weight is 221 g/mol. The summed E-state index contributed by atoms with van der Waals surface area (Å²) in [5.41, 5.74) is 8.00. The summed E-state index contributed by atoms with van der Waals surface area (Å²) in [6.45, 7) is 10.2. The van der Waals surface area contributed by atoms with E-state index in [0.717, 1.165) is 24.5 Å². The fourth-order valence-corrected chi connectivity index (χ4v) is 1.87. The second kappa shape index (κ2) is 5.85. The molecule has 90 valence electrons. The highest BCUT2D eigenvalue weighted by molar-refractivity contribution is 5.43. The predicted molar refractivity (Wildman–Crippen MR) is 69.7 cm³/mol. The SMILES string of the molecule is CCc1cc(CN)cc(N(CC)C(C)C)n1. The summed E-state index contributed by atoms with van der Waals surface area (Å²) in [6, 6.07) is 4.66. The molecule has 2 N–H and O–H groups in total. The molecule has 0 aromatic carbocycles. The average Bonchev–Trinajstić information content (AvgIpc) is 2.29. The molecule has 0 radical (unpaired) electrons. The van der Waals surface area contributed by atoms with Crippen molar-refractivity contribution < 1.29 is 0 Å². The second-order valence-electron chi connectivity index (χ2n) is 4.26. The van der Waals surface area contributed by atoms with Crippen molar-refractivity contribution in [1.82, 2.24) is 4.98 Å². The standard InChI is InChI=1S/C13H23N3/c1-5-12-7-11(9-14)8-13(15-12)16(6-2)10(3)4/h7-8,10H,5-6,9,14H2,1-4H3. The van der Waals surface area contributed by atoms with Gasteiger partial charge in [0, 0.05) is 24.8 Å². The van der Waals surface area contributed by atoms with Gasteiger partial charge >= 0.3 is 0 Å². The maximum absolute atomic E-state index is 5.71. The van der Waals surface area contributed by atoms with Gasteiger partial charge in [0.15, 0.2) is 0 Å². The van der Waals surface area contributed by atoms with E-state index >= 15 is 0 Å². The van der Waals surface area contributed by atoms with E-state index < -0.39 is 0 Å². The first kappa shape index (κ1) is 13.0. The Morgan fingerprint density at radius 1 is 1.31 bits per heavy atom. The fraction of sp³-hybridized carbons (Fsp3) is 0.615. The number of aryl methyl sites for hydroxylation is 1. The van der Waals surface area contributed by atoms with Gasteiger partial charge in [-0.25, -0.2) is 4.98 Å². The molecule has 3 heteroatoms. The van der Waals surface area contributed by atoms with Gasteiger partial charge in [0.25, 0.3) is 0 Å². The third-order valence-corrected chi connectivity index (χ3v) is 2.78. The van der Waals surface area contributed by atoms with Crippen LogP contribution >= 0.6 is 0 Å². The van der Waals surface area contributed by atoms with Crippen LogP contribution in [-0.4, -0.2) is 17.6 Å². The summed E-state index contributed by atoms with van der Waals surface area (Å²) < 4.78 is 0. The minimum atomic E-state index is 0.468. The van der Waals surface area contributed by atoms with Crippen LogP contribution < -0.4 is 10.6 Å². The Labute approximate surface area is 98.7 Å². The zero-order chi connectivity index (χ0) is 12.1. The molecular formula is C13H23N3. The zero-order valence-corrected chi connectivity index (χ0v) is 10.8. The maximum Gasteiger partial charge on any atom is 0.129 e. The normalized spacial score (nSPS) is 10.9. The Kier molecular flexibility index (Phi) is 4.74. The van der Waals surface area contributed by atoms with Crippen molar-refractivity contribution in [3.63, 3.8) is 0 Å². The molecule has 0 spiro atoms. The molecule has 0 unspecified atom stereocenters. The van der Waals surface area contributed by atoms with E-state index in [-0.39, 0.29) is 0 Å². The highest BCUT2D eigenvalue weighted by Crippen LogP contribution is 2.17. The van der Waals surface area contributed by atoms with E-state index in [2.05, 4.69) is 49.7 Å². The monoisotopic (exact) mass is 221 g/mol. The van der Waals surface area contributed by atoms with Gasteiger partial charge in [-0.15, -0.1) is 0 Å². The van der Waals surface area contributed by atoms with Gasteiger partial charge in [-0.05, 0) is 44.9 Å². The van der Waals surface area contributed by atoms with Crippen LogP contribution in [0.2, 0.25) is 0 Å². The van der Waals surface area contributed by atoms with Crippen molar-refractivity contribution in [3.05, 3.63) is 23.4 Å². The molecule has 0 atom stereocenters. The number of anilines is 1. The lowest BCUT2D eigenvalue weighted by molar-refractivity contribution is 0.690. The summed E-state index contributed by atoms with van der Waals surface area (Å²) in [5, 5.41) is 0. The summed E-state index contributed by atoms with van der Waals surface area (Å²) in [7, 11) is 0. The van der Waals surface area contributed by atoms with Crippen LogP contribution in [0.15, 0.2) is 12.1 Å². The molecule has 0 saturated carbocycles. The minimum Gasteiger partial charge on any atom is -0.354 e. The van der Waals surface area contributed by atoms with Crippen molar-refractivity contribution in [2.24, 2.45) is 5.73 Å². The van der Waals surface area contributed by atoms with Gasteiger partial charge < -0.3 is 10.6 Å². The van der Waals surface area contributed by atoms with Gasteiger partial charge in [0.1, 0.15) is 5.82 Å². The maximum atomic E-state index is 5.71. The highest BCUT2D eigenvalue weighted by atomic mass is 15.2. The minimum absolute atomic E-state index is 0.468. The number of hydrogen-bond acceptors (Lipinski definition) is 3. The molecule has 0 bridgehead atoms. The first-order valence-electron chi connectivity index (χ1n) is 6.08. The lowest BCUT2D eigenvalue weighted by Gasteiger charge is -2.27. The third kappa shape index (κ3) is 2.95. The predicted octanol–water partition coefficient (Wildman–Crippen LogP) is 2.34. The van der Waals surface area contributed by atoms with Crippen molar-refractivity contribution in [1.29, 1.82) is 0 Å². The molecule has 0 aliphatic carbocycles. The molecule has 16 heavy (non-hydrogen) atoms. The number of pyridine rings is 1. The molecule has 1 aromatic rings. The molecular weight excluding hydrogens is 198 g/mol. The molecule has 0 aliphatic heterocycles. The van der Waals surface area contributed by atoms with Crippen molar-refractivity contribution in [2.75, 3.05) is 11.4 Å². The molecule has 3 nitrogen and oxygen atoms in total. The van der Waals surface area contributed by atoms with E-state index in [9.17, 15) is 0 Å². The number of nitrogens with zero attached hydrogens (tertiary/aromatic N) is 2. The Bertz CT molecular complexity index is 312. The van der Waals surface area contributed by atoms with Crippen molar-refractivity contribution in [2.45, 2.75) is 46.7 Å². The largest absolute Gasteiger partial charge is 0.354 e. The summed E-state index contributed by atoms with van der Waals surface area (Å²) in [6.07, 6.45) is 0.955. The molecule has 0 fully saturated rings. The number of hydrogen-bond donors (Lipinski definition) is 1. The van der Waals surface area contributed by atoms with E-state index in [0.29, 0.717) is 12.6 Å². The summed E-state index contributed by atoms with van der Waals surface area (Å²) >= 11 is 0. The Morgan fingerprint density at radius 3 is 2.44 bits per heavy atom. The lowest BCUT2D eigenvalue weighted by atomic mass is 10.2. The van der Waals surface area contributed by atoms with Gasteiger partial charge in [-0.3, -0.25) is 0 Å². The van der Waals surface area contributed by atoms with Crippen LogP contribution in [0.3, 0.4) is 0 Å². The van der Waals surface area contributed by atoms with Crippen molar-refractivity contribution in [3.8, 4) is 0 Å². The first-order chi connectivity index (χ1) is 7.62. The smallest absolute Gasteiger partial charge is 0.129 e. The molecule has 0 saturated heterocycles. The Morgan fingerprint density at radius 2 is 2.00 bits per heavy atom. The van der Waals surface area contributed by atoms with Gasteiger partial charge in [-0.2, -0.15) is 0 Å². The molecule has 1 rings (SSSR count). The van der Waals surface area contributed by atoms with E-state index in [4.69, 9.17) is 5.73 Å². The molecule has 0 aliphatic rings. The zero-order valence-electron chi connectivity index (χ0n) is 10.8. The van der Waals surface area contributed by atoms with Crippen LogP contribution in [0.4, 0.5) is 5.82 Å². The molecule has 1 aromatic heterocycles. The first-order valence-corrected chi connectivity index (χ1v) is 6.08. The highest BCUT2D eigenvalue weighted by Gasteiger charge is 2.11. The quantitative estimate of drug-likeness (QED) is 0.830. The van der Waals surface area contributed by atoms with Crippen LogP contribution in [0, 0.1) is 0 Å². The van der Waals surface area contributed by atoms with Crippen LogP contribution in [0.25, 0.3) is 0 Å². The third-order valence-electron chi connectivity index (χ3n) is 2.78. The topological polar surface area (TPSA) is 42.1 Å². The van der Waals surface area contributed by atoms with Gasteiger partial charge in [0.05, 0.1) is 0 Å². The van der Waals surface area contributed by atoms with Crippen LogP contribution in [-0.2, 0) is 13.0 Å². The number of rotatable bonds is 5. The Hall–Kier alpha value is -1.09. The van der Waals surface area contributed by atoms with Crippen molar-refractivity contribution >= 4 is 5.82 Å². The van der Waals surface area contributed by atoms with Gasteiger partial charge in [0.2, 0.25) is 0 Å². The van der Waals surface area contributed by atoms with Crippen LogP contribution in [0.1, 0.15) is 39.0 Å². The molecule has 0 amide bonds. The van der Waals surface area contributed by atoms with E-state index in [1.54, 1.807) is 0 Å². The van der Waals surface area contributed by atoms with Crippen LogP contribution in [0.5, 0.6) is 0 Å². The van der Waals surface area contributed by atoms with E-state index in [1.807, 2.05) is 0 Å². The fourth-order valence-electron chi connectivity index (χ4n) is 1.87. The Balaban J connectivity index is 3.10. The summed E-state index contributed by atoms with van der Waals surface area (Å²) in [4.78, 5) is 6.95. The van der Waals surface area contributed by atoms with Gasteiger partial charge in [-0.1, -0.05) is 6.92 Å². The van der Waals surface area contributed by atoms with E-state index in [1.165, 1.54) is 5.56 Å². The summed E-state index contributed by atoms with van der Waals surface area (Å²) in [5.74, 6) is 1.05. The number of aromatic nitrogens is 1. The second-order valence-corrected chi connectivity index (χ2v) is 4.26.